The lowest BCUT2D eigenvalue weighted by Crippen LogP contribution is -2.31. The molecule has 0 bridgehead atoms. The van der Waals surface area contributed by atoms with E-state index in [2.05, 4.69) is 29.3 Å². The van der Waals surface area contributed by atoms with Crippen LogP contribution >= 0.6 is 48.0 Å². The molecule has 1 aliphatic carbocycles. The van der Waals surface area contributed by atoms with Gasteiger partial charge in [0.2, 0.25) is 0 Å². The van der Waals surface area contributed by atoms with Gasteiger partial charge in [-0.25, -0.2) is 0 Å². The van der Waals surface area contributed by atoms with Gasteiger partial charge in [0.15, 0.2) is 11.5 Å². The Labute approximate surface area is 235 Å². The SMILES string of the molecule is CCC(=O)c1cnc2ccc(-c3cc(Cl)c(O)c(Cl)c3)cc2c1N[C@H]1CC[C@H](CN(C)C)CC1.Cl.Cl. The van der Waals surface area contributed by atoms with Crippen LogP contribution in [0.15, 0.2) is 36.5 Å². The quantitative estimate of drug-likeness (QED) is 0.282. The number of rotatable bonds is 7. The monoisotopic (exact) mass is 571 g/mol. The Hall–Kier alpha value is -1.76. The molecule has 1 saturated carbocycles. The third kappa shape index (κ3) is 6.76. The first-order chi connectivity index (χ1) is 16.3. The number of aromatic hydroxyl groups is 1. The summed E-state index contributed by atoms with van der Waals surface area (Å²) < 4.78 is 0. The molecule has 0 atom stereocenters. The number of pyridine rings is 1. The van der Waals surface area contributed by atoms with Crippen LogP contribution in [0.2, 0.25) is 10.0 Å². The van der Waals surface area contributed by atoms with Gasteiger partial charge in [-0.3, -0.25) is 9.78 Å². The van der Waals surface area contributed by atoms with E-state index >= 15 is 0 Å². The van der Waals surface area contributed by atoms with Gasteiger partial charge in [0.25, 0.3) is 0 Å². The summed E-state index contributed by atoms with van der Waals surface area (Å²) in [5.41, 5.74) is 3.97. The summed E-state index contributed by atoms with van der Waals surface area (Å²) in [6, 6.07) is 9.61. The second kappa shape index (κ2) is 13.2. The number of carbonyl (C=O) groups excluding carboxylic acids is 1. The lowest BCUT2D eigenvalue weighted by Gasteiger charge is -2.32. The van der Waals surface area contributed by atoms with Crippen molar-refractivity contribution in [3.63, 3.8) is 0 Å². The van der Waals surface area contributed by atoms with E-state index < -0.39 is 0 Å². The van der Waals surface area contributed by atoms with Crippen molar-refractivity contribution in [2.75, 3.05) is 26.0 Å². The molecule has 0 radical (unpaired) electrons. The van der Waals surface area contributed by atoms with Crippen LogP contribution < -0.4 is 5.32 Å². The zero-order valence-corrected chi connectivity index (χ0v) is 23.8. The molecule has 196 valence electrons. The number of carbonyl (C=O) groups is 1. The normalized spacial score (nSPS) is 17.4. The molecule has 3 aromatic rings. The molecule has 1 aliphatic rings. The molecule has 5 nitrogen and oxygen atoms in total. The maximum Gasteiger partial charge on any atom is 0.166 e. The van der Waals surface area contributed by atoms with Gasteiger partial charge in [-0.05, 0) is 81.1 Å². The molecule has 1 heterocycles. The van der Waals surface area contributed by atoms with Gasteiger partial charge in [0.05, 0.1) is 26.8 Å². The van der Waals surface area contributed by atoms with Gasteiger partial charge in [-0.15, -0.1) is 24.8 Å². The smallest absolute Gasteiger partial charge is 0.166 e. The molecule has 1 fully saturated rings. The molecule has 4 rings (SSSR count). The lowest BCUT2D eigenvalue weighted by molar-refractivity contribution is 0.0988. The Morgan fingerprint density at radius 1 is 1.06 bits per heavy atom. The first kappa shape index (κ1) is 30.5. The van der Waals surface area contributed by atoms with E-state index in [4.69, 9.17) is 23.2 Å². The molecule has 1 aromatic heterocycles. The number of benzene rings is 2. The number of fused-ring (bicyclic) bond motifs is 1. The zero-order valence-electron chi connectivity index (χ0n) is 20.7. The third-order valence-corrected chi connectivity index (χ3v) is 7.23. The summed E-state index contributed by atoms with van der Waals surface area (Å²) in [4.78, 5) is 19.7. The number of hydrogen-bond donors (Lipinski definition) is 2. The van der Waals surface area contributed by atoms with Gasteiger partial charge in [0.1, 0.15) is 0 Å². The van der Waals surface area contributed by atoms with Gasteiger partial charge in [0, 0.05) is 30.6 Å². The number of phenolic OH excluding ortho intramolecular Hbond substituents is 1. The van der Waals surface area contributed by atoms with Gasteiger partial charge >= 0.3 is 0 Å². The van der Waals surface area contributed by atoms with Crippen molar-refractivity contribution in [2.24, 2.45) is 5.92 Å². The van der Waals surface area contributed by atoms with E-state index in [9.17, 15) is 9.90 Å². The molecule has 2 N–H and O–H groups in total. The summed E-state index contributed by atoms with van der Waals surface area (Å²) in [5, 5.41) is 15.0. The van der Waals surface area contributed by atoms with Gasteiger partial charge in [-0.1, -0.05) is 36.2 Å². The van der Waals surface area contributed by atoms with Crippen LogP contribution in [-0.2, 0) is 0 Å². The maximum absolute atomic E-state index is 12.8. The highest BCUT2D eigenvalue weighted by molar-refractivity contribution is 6.37. The molecule has 36 heavy (non-hydrogen) atoms. The minimum absolute atomic E-state index is 0. The second-order valence-corrected chi connectivity index (χ2v) is 10.3. The van der Waals surface area contributed by atoms with Crippen LogP contribution in [0.25, 0.3) is 22.0 Å². The van der Waals surface area contributed by atoms with Crippen LogP contribution in [0.1, 0.15) is 49.4 Å². The lowest BCUT2D eigenvalue weighted by atomic mass is 9.85. The highest BCUT2D eigenvalue weighted by Gasteiger charge is 2.24. The largest absolute Gasteiger partial charge is 0.505 e. The van der Waals surface area contributed by atoms with Gasteiger partial charge in [-0.2, -0.15) is 0 Å². The van der Waals surface area contributed by atoms with Crippen LogP contribution in [0.4, 0.5) is 5.69 Å². The number of nitrogens with zero attached hydrogens (tertiary/aromatic N) is 2. The minimum atomic E-state index is -0.127. The number of nitrogens with one attached hydrogen (secondary N) is 1. The number of phenols is 1. The predicted octanol–water partition coefficient (Wildman–Crippen LogP) is 7.88. The van der Waals surface area contributed by atoms with Crippen molar-refractivity contribution in [1.82, 2.24) is 9.88 Å². The van der Waals surface area contributed by atoms with Crippen molar-refractivity contribution in [3.8, 4) is 16.9 Å². The fourth-order valence-electron chi connectivity index (χ4n) is 4.87. The van der Waals surface area contributed by atoms with Crippen molar-refractivity contribution in [3.05, 3.63) is 52.1 Å². The van der Waals surface area contributed by atoms with E-state index in [1.807, 2.05) is 25.1 Å². The first-order valence-electron chi connectivity index (χ1n) is 11.8. The topological polar surface area (TPSA) is 65.5 Å². The summed E-state index contributed by atoms with van der Waals surface area (Å²) in [5.74, 6) is 0.659. The Kier molecular flexibility index (Phi) is 11.1. The van der Waals surface area contributed by atoms with Crippen LogP contribution in [-0.4, -0.2) is 47.5 Å². The molecule has 0 amide bonds. The number of aromatic nitrogens is 1. The first-order valence-corrected chi connectivity index (χ1v) is 12.6. The van der Waals surface area contributed by atoms with Crippen molar-refractivity contribution in [1.29, 1.82) is 0 Å². The average molecular weight is 573 g/mol. The molecule has 0 unspecified atom stereocenters. The molecule has 9 heteroatoms. The highest BCUT2D eigenvalue weighted by atomic mass is 35.5. The fraction of sp³-hybridized carbons (Fsp3) is 0.407. The maximum atomic E-state index is 12.8. The number of ketones is 1. The molecular weight excluding hydrogens is 540 g/mol. The third-order valence-electron chi connectivity index (χ3n) is 6.66. The van der Waals surface area contributed by atoms with Gasteiger partial charge < -0.3 is 15.3 Å². The minimum Gasteiger partial charge on any atom is -0.505 e. The van der Waals surface area contributed by atoms with E-state index in [0.29, 0.717) is 18.0 Å². The summed E-state index contributed by atoms with van der Waals surface area (Å²) in [6.45, 7) is 2.99. The molecule has 2 aromatic carbocycles. The fourth-order valence-corrected chi connectivity index (χ4v) is 5.36. The van der Waals surface area contributed by atoms with E-state index in [0.717, 1.165) is 53.0 Å². The molecular formula is C27H33Cl4N3O2. The van der Waals surface area contributed by atoms with Crippen LogP contribution in [0, 0.1) is 5.92 Å². The molecule has 0 saturated heterocycles. The Morgan fingerprint density at radius 3 is 2.28 bits per heavy atom. The van der Waals surface area contributed by atoms with Crippen molar-refractivity contribution < 1.29 is 9.90 Å². The second-order valence-electron chi connectivity index (χ2n) is 9.47. The van der Waals surface area contributed by atoms with Crippen molar-refractivity contribution >= 4 is 70.4 Å². The number of anilines is 1. The summed E-state index contributed by atoms with van der Waals surface area (Å²) in [7, 11) is 4.25. The van der Waals surface area contributed by atoms with E-state index in [-0.39, 0.29) is 46.4 Å². The molecule has 0 aliphatic heterocycles. The Balaban J connectivity index is 0.00000228. The van der Waals surface area contributed by atoms with E-state index in [1.54, 1.807) is 18.3 Å². The van der Waals surface area contributed by atoms with E-state index in [1.165, 1.54) is 12.8 Å². The average Bonchev–Trinajstić information content (AvgIpc) is 2.82. The standard InChI is InChI=1S/C27H31Cl2N3O2.2ClH/c1-4-25(33)21-14-30-24-10-7-17(18-12-22(28)27(34)23(29)13-18)11-20(24)26(21)31-19-8-5-16(6-9-19)15-32(2)3;;/h7,10-14,16,19,34H,4-6,8-9,15H2,1-3H3,(H,30,31);2*1H/t16-,19-;;. The zero-order chi connectivity index (χ0) is 24.4. The predicted molar refractivity (Wildman–Crippen MR) is 156 cm³/mol. The van der Waals surface area contributed by atoms with Crippen LogP contribution in [0.3, 0.4) is 0 Å². The highest BCUT2D eigenvalue weighted by Crippen LogP contribution is 2.39. The molecule has 0 spiro atoms. The van der Waals surface area contributed by atoms with Crippen molar-refractivity contribution in [2.45, 2.75) is 45.1 Å². The number of halogens is 4. The number of hydrogen-bond acceptors (Lipinski definition) is 5. The Morgan fingerprint density at radius 2 is 1.69 bits per heavy atom. The van der Waals surface area contributed by atoms with Crippen LogP contribution in [0.5, 0.6) is 5.75 Å². The number of Topliss-reactive ketones (excluding diaryl/α,β-unsaturated/α-hetero) is 1. The summed E-state index contributed by atoms with van der Waals surface area (Å²) >= 11 is 12.3. The summed E-state index contributed by atoms with van der Waals surface area (Å²) in [6.07, 6.45) is 6.61. The Bertz CT molecular complexity index is 1190.